The molecule has 6 heteroatoms. The average Bonchev–Trinajstić information content (AvgIpc) is 2.71. The van der Waals surface area contributed by atoms with E-state index in [1.165, 1.54) is 0 Å². The number of carbonyl (C=O) groups excluding carboxylic acids is 2. The first kappa shape index (κ1) is 19.4. The summed E-state index contributed by atoms with van der Waals surface area (Å²) in [5.41, 5.74) is 1.79. The number of methoxy groups -OCH3 is 1. The largest absolute Gasteiger partial charge is 0.497 e. The highest BCUT2D eigenvalue weighted by Gasteiger charge is 2.25. The molecular weight excluding hydrogens is 354 g/mol. The van der Waals surface area contributed by atoms with Crippen molar-refractivity contribution in [1.82, 2.24) is 10.3 Å². The van der Waals surface area contributed by atoms with Crippen LogP contribution in [0.5, 0.6) is 5.75 Å². The second kappa shape index (κ2) is 8.52. The van der Waals surface area contributed by atoms with Gasteiger partial charge in [-0.05, 0) is 42.3 Å². The first-order valence-corrected chi connectivity index (χ1v) is 9.09. The fourth-order valence-corrected chi connectivity index (χ4v) is 2.92. The van der Waals surface area contributed by atoms with E-state index in [1.54, 1.807) is 43.6 Å². The predicted molar refractivity (Wildman–Crippen MR) is 109 cm³/mol. The summed E-state index contributed by atoms with van der Waals surface area (Å²) in [6.45, 7) is 3.78. The van der Waals surface area contributed by atoms with Crippen molar-refractivity contribution < 1.29 is 14.3 Å². The lowest BCUT2D eigenvalue weighted by atomic mass is 10.0. The Kier molecular flexibility index (Phi) is 5.89. The topological polar surface area (TPSA) is 80.3 Å². The number of benzene rings is 2. The zero-order chi connectivity index (χ0) is 20.1. The molecule has 0 aliphatic rings. The van der Waals surface area contributed by atoms with Crippen molar-refractivity contribution >= 4 is 28.4 Å². The summed E-state index contributed by atoms with van der Waals surface area (Å²) in [5.74, 6) is -0.0224. The molecule has 6 nitrogen and oxygen atoms in total. The van der Waals surface area contributed by atoms with Gasteiger partial charge >= 0.3 is 0 Å². The van der Waals surface area contributed by atoms with Crippen LogP contribution in [0.1, 0.15) is 24.2 Å². The van der Waals surface area contributed by atoms with E-state index in [1.807, 2.05) is 38.1 Å². The highest BCUT2D eigenvalue weighted by molar-refractivity contribution is 6.05. The number of ether oxygens (including phenoxy) is 1. The molecule has 0 aliphatic carbocycles. The number of pyridine rings is 1. The molecule has 144 valence electrons. The lowest BCUT2D eigenvalue weighted by Gasteiger charge is -2.22. The van der Waals surface area contributed by atoms with Crippen molar-refractivity contribution in [2.24, 2.45) is 5.92 Å². The number of anilines is 1. The van der Waals surface area contributed by atoms with Gasteiger partial charge in [0.2, 0.25) is 5.91 Å². The van der Waals surface area contributed by atoms with E-state index in [0.717, 1.165) is 5.39 Å². The number of nitrogens with one attached hydrogen (secondary N) is 2. The van der Waals surface area contributed by atoms with Crippen molar-refractivity contribution in [1.29, 1.82) is 0 Å². The Morgan fingerprint density at radius 3 is 2.39 bits per heavy atom. The van der Waals surface area contributed by atoms with Crippen molar-refractivity contribution in [3.05, 3.63) is 66.4 Å². The zero-order valence-corrected chi connectivity index (χ0v) is 16.1. The maximum Gasteiger partial charge on any atom is 0.251 e. The third kappa shape index (κ3) is 4.28. The van der Waals surface area contributed by atoms with Gasteiger partial charge in [-0.2, -0.15) is 0 Å². The first-order valence-electron chi connectivity index (χ1n) is 9.09. The van der Waals surface area contributed by atoms with Gasteiger partial charge in [-0.15, -0.1) is 0 Å². The van der Waals surface area contributed by atoms with Crippen LogP contribution >= 0.6 is 0 Å². The smallest absolute Gasteiger partial charge is 0.251 e. The molecule has 2 N–H and O–H groups in total. The highest BCUT2D eigenvalue weighted by Crippen LogP contribution is 2.21. The molecule has 1 aromatic heterocycles. The molecule has 1 atom stereocenters. The van der Waals surface area contributed by atoms with Crippen LogP contribution in [-0.4, -0.2) is 29.9 Å². The summed E-state index contributed by atoms with van der Waals surface area (Å²) in [5, 5.41) is 6.67. The van der Waals surface area contributed by atoms with Gasteiger partial charge in [-0.1, -0.05) is 32.0 Å². The number of para-hydroxylation sites is 1. The second-order valence-electron chi connectivity index (χ2n) is 6.79. The fourth-order valence-electron chi connectivity index (χ4n) is 2.92. The Balaban J connectivity index is 1.77. The molecule has 2 amide bonds. The van der Waals surface area contributed by atoms with E-state index < -0.39 is 6.04 Å². The standard InChI is InChI=1S/C22H23N3O3/c1-14(2)19(25-21(26)16-9-11-17(28-3)12-10-16)22(27)24-18-8-4-6-15-7-5-13-23-20(15)18/h4-14,19H,1-3H3,(H,24,27)(H,25,26). The Labute approximate surface area is 163 Å². The summed E-state index contributed by atoms with van der Waals surface area (Å²) >= 11 is 0. The van der Waals surface area contributed by atoms with Gasteiger partial charge in [-0.3, -0.25) is 14.6 Å². The molecule has 1 heterocycles. The van der Waals surface area contributed by atoms with Crippen LogP contribution in [0.3, 0.4) is 0 Å². The Morgan fingerprint density at radius 1 is 1.00 bits per heavy atom. The van der Waals surface area contributed by atoms with Crippen molar-refractivity contribution in [2.45, 2.75) is 19.9 Å². The summed E-state index contributed by atoms with van der Waals surface area (Å²) < 4.78 is 5.11. The Morgan fingerprint density at radius 2 is 1.71 bits per heavy atom. The Hall–Kier alpha value is -3.41. The van der Waals surface area contributed by atoms with Crippen molar-refractivity contribution in [3.63, 3.8) is 0 Å². The van der Waals surface area contributed by atoms with E-state index in [2.05, 4.69) is 15.6 Å². The van der Waals surface area contributed by atoms with Gasteiger partial charge in [0, 0.05) is 17.1 Å². The fraction of sp³-hybridized carbons (Fsp3) is 0.227. The molecule has 0 saturated carbocycles. The monoisotopic (exact) mass is 377 g/mol. The van der Waals surface area contributed by atoms with Gasteiger partial charge in [0.15, 0.2) is 0 Å². The van der Waals surface area contributed by atoms with Crippen LogP contribution in [0.4, 0.5) is 5.69 Å². The molecule has 0 bridgehead atoms. The molecule has 0 fully saturated rings. The minimum absolute atomic E-state index is 0.0925. The molecule has 0 saturated heterocycles. The van der Waals surface area contributed by atoms with E-state index >= 15 is 0 Å². The lowest BCUT2D eigenvalue weighted by Crippen LogP contribution is -2.47. The maximum atomic E-state index is 12.9. The minimum Gasteiger partial charge on any atom is -0.497 e. The van der Waals surface area contributed by atoms with Gasteiger partial charge in [0.25, 0.3) is 5.91 Å². The summed E-state index contributed by atoms with van der Waals surface area (Å²) in [6.07, 6.45) is 1.68. The van der Waals surface area contributed by atoms with E-state index in [0.29, 0.717) is 22.5 Å². The number of hydrogen-bond acceptors (Lipinski definition) is 4. The van der Waals surface area contributed by atoms with Crippen molar-refractivity contribution in [2.75, 3.05) is 12.4 Å². The van der Waals surface area contributed by atoms with Gasteiger partial charge in [0.05, 0.1) is 18.3 Å². The second-order valence-corrected chi connectivity index (χ2v) is 6.79. The summed E-state index contributed by atoms with van der Waals surface area (Å²) in [4.78, 5) is 29.8. The number of nitrogens with zero attached hydrogens (tertiary/aromatic N) is 1. The molecular formula is C22H23N3O3. The third-order valence-corrected chi connectivity index (χ3v) is 4.48. The highest BCUT2D eigenvalue weighted by atomic mass is 16.5. The number of amides is 2. The number of rotatable bonds is 6. The Bertz CT molecular complexity index is 978. The van der Waals surface area contributed by atoms with Crippen LogP contribution < -0.4 is 15.4 Å². The molecule has 3 rings (SSSR count). The number of hydrogen-bond donors (Lipinski definition) is 2. The van der Waals surface area contributed by atoms with E-state index in [4.69, 9.17) is 4.74 Å². The average molecular weight is 377 g/mol. The first-order chi connectivity index (χ1) is 13.5. The van der Waals surface area contributed by atoms with Gasteiger partial charge in [0.1, 0.15) is 11.8 Å². The molecule has 3 aromatic rings. The normalized spacial score (nSPS) is 11.9. The SMILES string of the molecule is COc1ccc(C(=O)NC(C(=O)Nc2cccc3cccnc23)C(C)C)cc1. The predicted octanol–water partition coefficient (Wildman–Crippen LogP) is 3.64. The third-order valence-electron chi connectivity index (χ3n) is 4.48. The van der Waals surface area contributed by atoms with Crippen LogP contribution in [0, 0.1) is 5.92 Å². The van der Waals surface area contributed by atoms with Crippen LogP contribution in [-0.2, 0) is 4.79 Å². The zero-order valence-electron chi connectivity index (χ0n) is 16.1. The van der Waals surface area contributed by atoms with Gasteiger partial charge < -0.3 is 15.4 Å². The molecule has 1 unspecified atom stereocenters. The van der Waals surface area contributed by atoms with E-state index in [9.17, 15) is 9.59 Å². The quantitative estimate of drug-likeness (QED) is 0.687. The van der Waals surface area contributed by atoms with Crippen LogP contribution in [0.2, 0.25) is 0 Å². The molecule has 0 radical (unpaired) electrons. The minimum atomic E-state index is -0.687. The number of aromatic nitrogens is 1. The maximum absolute atomic E-state index is 12.9. The lowest BCUT2D eigenvalue weighted by molar-refractivity contribution is -0.118. The molecule has 0 spiro atoms. The van der Waals surface area contributed by atoms with Gasteiger partial charge in [-0.25, -0.2) is 0 Å². The molecule has 0 aliphatic heterocycles. The molecule has 2 aromatic carbocycles. The number of fused-ring (bicyclic) bond motifs is 1. The number of carbonyl (C=O) groups is 2. The van der Waals surface area contributed by atoms with E-state index in [-0.39, 0.29) is 17.7 Å². The van der Waals surface area contributed by atoms with Crippen LogP contribution in [0.25, 0.3) is 10.9 Å². The molecule has 28 heavy (non-hydrogen) atoms. The van der Waals surface area contributed by atoms with Crippen molar-refractivity contribution in [3.8, 4) is 5.75 Å². The van der Waals surface area contributed by atoms with Crippen LogP contribution in [0.15, 0.2) is 60.8 Å². The summed E-state index contributed by atoms with van der Waals surface area (Å²) in [7, 11) is 1.57. The summed E-state index contributed by atoms with van der Waals surface area (Å²) in [6, 6.07) is 15.4.